The van der Waals surface area contributed by atoms with E-state index in [1.54, 1.807) is 10.9 Å². The predicted octanol–water partition coefficient (Wildman–Crippen LogP) is 2.76. The molecule has 2 rings (SSSR count). The van der Waals surface area contributed by atoms with E-state index in [0.717, 1.165) is 9.13 Å². The minimum absolute atomic E-state index is 0.158. The third-order valence-corrected chi connectivity index (χ3v) is 2.82. The van der Waals surface area contributed by atoms with Crippen molar-refractivity contribution in [3.63, 3.8) is 0 Å². The van der Waals surface area contributed by atoms with Crippen LogP contribution in [-0.2, 0) is 6.54 Å². The average Bonchev–Trinajstić information content (AvgIpc) is 2.73. The average molecular weight is 326 g/mol. The van der Waals surface area contributed by atoms with Crippen molar-refractivity contribution < 1.29 is 4.79 Å². The lowest BCUT2D eigenvalue weighted by Gasteiger charge is -2.01. The van der Waals surface area contributed by atoms with E-state index in [-0.39, 0.29) is 5.78 Å². The number of carbonyl (C=O) groups is 1. The summed E-state index contributed by atoms with van der Waals surface area (Å²) >= 11 is 2.20. The van der Waals surface area contributed by atoms with Crippen molar-refractivity contribution in [3.05, 3.63) is 51.9 Å². The molecule has 0 saturated heterocycles. The van der Waals surface area contributed by atoms with E-state index in [0.29, 0.717) is 13.0 Å². The minimum Gasteiger partial charge on any atom is -0.294 e. The van der Waals surface area contributed by atoms with Crippen LogP contribution in [-0.4, -0.2) is 15.6 Å². The van der Waals surface area contributed by atoms with E-state index >= 15 is 0 Å². The maximum absolute atomic E-state index is 11.8. The fourth-order valence-electron chi connectivity index (χ4n) is 1.45. The zero-order valence-electron chi connectivity index (χ0n) is 8.64. The van der Waals surface area contributed by atoms with Crippen LogP contribution in [0, 0.1) is 3.57 Å². The summed E-state index contributed by atoms with van der Waals surface area (Å²) in [5, 5.41) is 4.14. The van der Waals surface area contributed by atoms with E-state index in [9.17, 15) is 4.79 Å². The minimum atomic E-state index is 0.158. The first-order valence-electron chi connectivity index (χ1n) is 5.02. The molecule has 0 atom stereocenters. The smallest absolute Gasteiger partial charge is 0.164 e. The topological polar surface area (TPSA) is 34.9 Å². The van der Waals surface area contributed by atoms with Gasteiger partial charge in [0.05, 0.1) is 9.77 Å². The maximum Gasteiger partial charge on any atom is 0.164 e. The Morgan fingerprint density at radius 2 is 2.06 bits per heavy atom. The third kappa shape index (κ3) is 2.91. The molecule has 0 radical (unpaired) electrons. The SMILES string of the molecule is O=C(CCn1cc(I)cn1)c1ccccc1. The van der Waals surface area contributed by atoms with Gasteiger partial charge in [-0.1, -0.05) is 30.3 Å². The number of carbonyl (C=O) groups excluding carboxylic acids is 1. The zero-order valence-corrected chi connectivity index (χ0v) is 10.8. The molecule has 0 fully saturated rings. The molecule has 1 aromatic carbocycles. The summed E-state index contributed by atoms with van der Waals surface area (Å²) in [6.07, 6.45) is 4.20. The molecule has 3 nitrogen and oxygen atoms in total. The highest BCUT2D eigenvalue weighted by Gasteiger charge is 2.05. The number of hydrogen-bond donors (Lipinski definition) is 0. The first-order valence-corrected chi connectivity index (χ1v) is 6.10. The summed E-state index contributed by atoms with van der Waals surface area (Å²) in [6, 6.07) is 9.35. The molecule has 82 valence electrons. The highest BCUT2D eigenvalue weighted by molar-refractivity contribution is 14.1. The highest BCUT2D eigenvalue weighted by atomic mass is 127. The Bertz CT molecular complexity index is 479. The van der Waals surface area contributed by atoms with Crippen LogP contribution in [0.4, 0.5) is 0 Å². The van der Waals surface area contributed by atoms with E-state index in [1.165, 1.54) is 0 Å². The number of Topliss-reactive ketones (excluding diaryl/α,β-unsaturated/α-hetero) is 1. The summed E-state index contributed by atoms with van der Waals surface area (Å²) in [5.41, 5.74) is 0.768. The number of hydrogen-bond acceptors (Lipinski definition) is 2. The zero-order chi connectivity index (χ0) is 11.4. The van der Waals surface area contributed by atoms with Gasteiger partial charge in [0, 0.05) is 24.7 Å². The molecule has 1 aromatic heterocycles. The van der Waals surface area contributed by atoms with Crippen molar-refractivity contribution >= 4 is 28.4 Å². The second kappa shape index (κ2) is 5.25. The lowest BCUT2D eigenvalue weighted by molar-refractivity contribution is 0.0975. The van der Waals surface area contributed by atoms with Crippen LogP contribution in [0.3, 0.4) is 0 Å². The molecular weight excluding hydrogens is 315 g/mol. The summed E-state index contributed by atoms with van der Waals surface area (Å²) in [7, 11) is 0. The Labute approximate surface area is 108 Å². The number of aromatic nitrogens is 2. The Morgan fingerprint density at radius 1 is 1.31 bits per heavy atom. The first-order chi connectivity index (χ1) is 7.75. The summed E-state index contributed by atoms with van der Waals surface area (Å²) < 4.78 is 2.88. The molecule has 1 heterocycles. The molecule has 0 aliphatic carbocycles. The van der Waals surface area contributed by atoms with Gasteiger partial charge in [-0.15, -0.1) is 0 Å². The largest absolute Gasteiger partial charge is 0.294 e. The van der Waals surface area contributed by atoms with Gasteiger partial charge < -0.3 is 0 Å². The number of benzene rings is 1. The van der Waals surface area contributed by atoms with Crippen molar-refractivity contribution in [2.24, 2.45) is 0 Å². The lowest BCUT2D eigenvalue weighted by atomic mass is 10.1. The quantitative estimate of drug-likeness (QED) is 0.640. The predicted molar refractivity (Wildman–Crippen MR) is 70.3 cm³/mol. The van der Waals surface area contributed by atoms with E-state index < -0.39 is 0 Å². The molecule has 0 unspecified atom stereocenters. The number of nitrogens with zero attached hydrogens (tertiary/aromatic N) is 2. The molecule has 2 aromatic rings. The van der Waals surface area contributed by atoms with E-state index in [2.05, 4.69) is 27.7 Å². The van der Waals surface area contributed by atoms with E-state index in [1.807, 2.05) is 36.5 Å². The fraction of sp³-hybridized carbons (Fsp3) is 0.167. The Morgan fingerprint density at radius 3 is 2.69 bits per heavy atom. The Kier molecular flexibility index (Phi) is 3.71. The van der Waals surface area contributed by atoms with Crippen molar-refractivity contribution in [2.75, 3.05) is 0 Å². The summed E-state index contributed by atoms with van der Waals surface area (Å²) in [4.78, 5) is 11.8. The molecule has 0 N–H and O–H groups in total. The van der Waals surface area contributed by atoms with Crippen LogP contribution >= 0.6 is 22.6 Å². The number of rotatable bonds is 4. The fourth-order valence-corrected chi connectivity index (χ4v) is 1.89. The van der Waals surface area contributed by atoms with Gasteiger partial charge in [0.1, 0.15) is 0 Å². The first kappa shape index (κ1) is 11.3. The lowest BCUT2D eigenvalue weighted by Crippen LogP contribution is -2.06. The number of halogens is 1. The molecule has 4 heteroatoms. The molecule has 0 amide bonds. The third-order valence-electron chi connectivity index (χ3n) is 2.27. The van der Waals surface area contributed by atoms with Crippen LogP contribution in [0.25, 0.3) is 0 Å². The van der Waals surface area contributed by atoms with Gasteiger partial charge in [-0.2, -0.15) is 5.10 Å². The molecule has 0 bridgehead atoms. The van der Waals surface area contributed by atoms with Crippen LogP contribution in [0.15, 0.2) is 42.7 Å². The van der Waals surface area contributed by atoms with Crippen LogP contribution in [0.1, 0.15) is 16.8 Å². The van der Waals surface area contributed by atoms with Crippen molar-refractivity contribution in [1.82, 2.24) is 9.78 Å². The van der Waals surface area contributed by atoms with Crippen molar-refractivity contribution in [2.45, 2.75) is 13.0 Å². The Balaban J connectivity index is 1.94. The van der Waals surface area contributed by atoms with Crippen molar-refractivity contribution in [1.29, 1.82) is 0 Å². The van der Waals surface area contributed by atoms with Crippen LogP contribution < -0.4 is 0 Å². The van der Waals surface area contributed by atoms with Gasteiger partial charge >= 0.3 is 0 Å². The normalized spacial score (nSPS) is 10.3. The number of aryl methyl sites for hydroxylation is 1. The second-order valence-corrected chi connectivity index (χ2v) is 4.71. The van der Waals surface area contributed by atoms with Crippen LogP contribution in [0.5, 0.6) is 0 Å². The second-order valence-electron chi connectivity index (χ2n) is 3.46. The Hall–Kier alpha value is -1.17. The standard InChI is InChI=1S/C12H11IN2O/c13-11-8-14-15(9-11)7-6-12(16)10-4-2-1-3-5-10/h1-5,8-9H,6-7H2. The van der Waals surface area contributed by atoms with Gasteiger partial charge in [-0.3, -0.25) is 9.48 Å². The van der Waals surface area contributed by atoms with E-state index in [4.69, 9.17) is 0 Å². The summed E-state index contributed by atoms with van der Waals surface area (Å²) in [5.74, 6) is 0.158. The maximum atomic E-state index is 11.8. The molecule has 0 saturated carbocycles. The van der Waals surface area contributed by atoms with Gasteiger partial charge in [-0.05, 0) is 22.6 Å². The highest BCUT2D eigenvalue weighted by Crippen LogP contribution is 2.06. The van der Waals surface area contributed by atoms with Gasteiger partial charge in [0.2, 0.25) is 0 Å². The number of ketones is 1. The molecule has 0 spiro atoms. The van der Waals surface area contributed by atoms with Crippen molar-refractivity contribution in [3.8, 4) is 0 Å². The van der Waals surface area contributed by atoms with Gasteiger partial charge in [0.25, 0.3) is 0 Å². The molecular formula is C12H11IN2O. The van der Waals surface area contributed by atoms with Gasteiger partial charge in [0.15, 0.2) is 5.78 Å². The van der Waals surface area contributed by atoms with Gasteiger partial charge in [-0.25, -0.2) is 0 Å². The molecule has 0 aliphatic heterocycles. The summed E-state index contributed by atoms with van der Waals surface area (Å²) in [6.45, 7) is 0.636. The molecule has 16 heavy (non-hydrogen) atoms. The van der Waals surface area contributed by atoms with Crippen LogP contribution in [0.2, 0.25) is 0 Å². The monoisotopic (exact) mass is 326 g/mol. The molecule has 0 aliphatic rings.